The fraction of sp³-hybridized carbons (Fsp3) is 0.981. The summed E-state index contributed by atoms with van der Waals surface area (Å²) in [7, 11) is -4.69. The first kappa shape index (κ1) is 60.5. The predicted molar refractivity (Wildman–Crippen MR) is 264 cm³/mol. The first-order chi connectivity index (χ1) is 29.8. The number of phosphoric ester groups is 1. The summed E-state index contributed by atoms with van der Waals surface area (Å²) in [4.78, 5) is 31.0. The van der Waals surface area contributed by atoms with Crippen molar-refractivity contribution in [3.05, 3.63) is 0 Å². The summed E-state index contributed by atoms with van der Waals surface area (Å²) in [5.74, 6) is -0.186. The minimum Gasteiger partial charge on any atom is -0.391 e. The smallest absolute Gasteiger partial charge is 0.391 e. The average molecular weight is 886 g/mol. The van der Waals surface area contributed by atoms with Crippen molar-refractivity contribution in [1.29, 1.82) is 0 Å². The fourth-order valence-corrected chi connectivity index (χ4v) is 9.29. The maximum atomic E-state index is 12.7. The maximum absolute atomic E-state index is 12.7. The number of nitrogens with one attached hydrogen (secondary N) is 1. The maximum Gasteiger partial charge on any atom is 0.469 e. The lowest BCUT2D eigenvalue weighted by Crippen LogP contribution is -2.46. The van der Waals surface area contributed by atoms with Crippen LogP contribution in [0.4, 0.5) is 0 Å². The summed E-state index contributed by atoms with van der Waals surface area (Å²) in [6.07, 6.45) is 60.1. The van der Waals surface area contributed by atoms with Gasteiger partial charge in [0.05, 0.1) is 18.8 Å². The first-order valence-corrected chi connectivity index (χ1v) is 29.0. The molecule has 0 saturated carbocycles. The molecule has 0 spiro atoms. The summed E-state index contributed by atoms with van der Waals surface area (Å²) in [5.41, 5.74) is 0. The average Bonchev–Trinajstić information content (AvgIpc) is 3.24. The van der Waals surface area contributed by atoms with Crippen molar-refractivity contribution in [3.63, 3.8) is 0 Å². The molecule has 0 heterocycles. The van der Waals surface area contributed by atoms with Crippen LogP contribution in [0.25, 0.3) is 0 Å². The lowest BCUT2D eigenvalue weighted by atomic mass is 10.0. The van der Waals surface area contributed by atoms with Crippen LogP contribution >= 0.6 is 7.82 Å². The molecule has 0 aromatic carbocycles. The highest BCUT2D eigenvalue weighted by molar-refractivity contribution is 7.46. The second kappa shape index (κ2) is 49.0. The topological polar surface area (TPSA) is 116 Å². The quantitative estimate of drug-likeness (QED) is 0.0357. The molecule has 0 bridgehead atoms. The van der Waals surface area contributed by atoms with E-state index in [1.54, 1.807) is 0 Å². The van der Waals surface area contributed by atoms with Gasteiger partial charge in [0.25, 0.3) is 0 Å². The number of unbranched alkanes of at least 4 members (excludes halogenated alkanes) is 43. The monoisotopic (exact) mass is 886 g/mol. The molecule has 0 saturated heterocycles. The van der Waals surface area contributed by atoms with Gasteiger partial charge in [-0.05, 0) is 12.8 Å². The molecule has 0 aliphatic heterocycles. The number of carbonyl (C=O) groups excluding carboxylic acids is 1. The Balaban J connectivity index is 3.58. The van der Waals surface area contributed by atoms with Gasteiger partial charge in [0.2, 0.25) is 5.91 Å². The van der Waals surface area contributed by atoms with Gasteiger partial charge in [-0.25, -0.2) is 4.57 Å². The Bertz CT molecular complexity index is 915. The van der Waals surface area contributed by atoms with Crippen molar-refractivity contribution in [1.82, 2.24) is 5.32 Å². The SMILES string of the molecule is CCCCCCCCCCCCCCCCCCCCCCCCCCCCCCCCCCCC(=O)N[C@@H](COP(=O)(O)O)[C@H](O)CCCCCCCCCCCCCC. The van der Waals surface area contributed by atoms with Crippen molar-refractivity contribution in [3.8, 4) is 0 Å². The zero-order chi connectivity index (χ0) is 44.6. The lowest BCUT2D eigenvalue weighted by molar-refractivity contribution is -0.123. The van der Waals surface area contributed by atoms with Crippen LogP contribution in [-0.4, -0.2) is 39.6 Å². The number of aliphatic hydroxyl groups is 1. The van der Waals surface area contributed by atoms with Crippen molar-refractivity contribution in [2.24, 2.45) is 0 Å². The molecule has 0 rings (SSSR count). The van der Waals surface area contributed by atoms with Gasteiger partial charge in [0.1, 0.15) is 0 Å². The van der Waals surface area contributed by atoms with E-state index >= 15 is 0 Å². The van der Waals surface area contributed by atoms with Gasteiger partial charge in [-0.1, -0.05) is 296 Å². The standard InChI is InChI=1S/C53H108NO6P/c1-3-5-7-9-11-13-15-17-18-19-20-21-22-23-24-25-26-27-28-29-30-31-32-33-34-35-36-37-39-41-43-45-47-49-53(56)54-51(50-60-61(57,58)59)52(55)48-46-44-42-40-38-16-14-12-10-8-6-4-2/h51-52,55H,3-50H2,1-2H3,(H,54,56)(H2,57,58,59)/t51-,52+/m0/s1. The van der Waals surface area contributed by atoms with Gasteiger partial charge in [-0.2, -0.15) is 0 Å². The van der Waals surface area contributed by atoms with E-state index in [1.807, 2.05) is 0 Å². The van der Waals surface area contributed by atoms with E-state index in [0.717, 1.165) is 38.5 Å². The Morgan fingerprint density at radius 1 is 0.410 bits per heavy atom. The summed E-state index contributed by atoms with van der Waals surface area (Å²) >= 11 is 0. The number of rotatable bonds is 52. The van der Waals surface area contributed by atoms with Crippen LogP contribution in [-0.2, 0) is 13.9 Å². The second-order valence-electron chi connectivity index (χ2n) is 19.3. The van der Waals surface area contributed by atoms with Gasteiger partial charge in [-0.3, -0.25) is 9.32 Å². The summed E-state index contributed by atoms with van der Waals surface area (Å²) in [6.45, 7) is 4.15. The van der Waals surface area contributed by atoms with Crippen LogP contribution in [0.15, 0.2) is 0 Å². The van der Waals surface area contributed by atoms with Crippen LogP contribution in [0.2, 0.25) is 0 Å². The molecule has 2 atom stereocenters. The molecule has 7 nitrogen and oxygen atoms in total. The zero-order valence-electron chi connectivity index (χ0n) is 41.1. The molecule has 61 heavy (non-hydrogen) atoms. The molecular weight excluding hydrogens is 778 g/mol. The van der Waals surface area contributed by atoms with E-state index in [1.165, 1.54) is 250 Å². The van der Waals surface area contributed by atoms with Crippen LogP contribution in [0.1, 0.15) is 316 Å². The normalized spacial score (nSPS) is 12.9. The molecule has 0 aromatic heterocycles. The Morgan fingerprint density at radius 3 is 0.885 bits per heavy atom. The van der Waals surface area contributed by atoms with E-state index < -0.39 is 26.6 Å². The molecule has 0 unspecified atom stereocenters. The molecule has 8 heteroatoms. The largest absolute Gasteiger partial charge is 0.469 e. The Kier molecular flexibility index (Phi) is 48.6. The van der Waals surface area contributed by atoms with E-state index in [0.29, 0.717) is 12.8 Å². The van der Waals surface area contributed by atoms with E-state index in [4.69, 9.17) is 0 Å². The number of aliphatic hydroxyl groups excluding tert-OH is 1. The zero-order valence-corrected chi connectivity index (χ0v) is 42.0. The van der Waals surface area contributed by atoms with Crippen molar-refractivity contribution in [2.45, 2.75) is 328 Å². The van der Waals surface area contributed by atoms with Crippen molar-refractivity contribution >= 4 is 13.7 Å². The molecule has 4 N–H and O–H groups in total. The van der Waals surface area contributed by atoms with Crippen LogP contribution in [0.3, 0.4) is 0 Å². The highest BCUT2D eigenvalue weighted by atomic mass is 31.2. The third-order valence-corrected chi connectivity index (χ3v) is 13.6. The molecule has 0 fully saturated rings. The number of amides is 1. The lowest BCUT2D eigenvalue weighted by Gasteiger charge is -2.24. The number of carbonyl (C=O) groups is 1. The van der Waals surface area contributed by atoms with Gasteiger partial charge >= 0.3 is 7.82 Å². The minimum absolute atomic E-state index is 0.186. The molecule has 0 radical (unpaired) electrons. The summed E-state index contributed by atoms with van der Waals surface area (Å²) < 4.78 is 16.0. The third-order valence-electron chi connectivity index (χ3n) is 13.1. The van der Waals surface area contributed by atoms with Gasteiger partial charge < -0.3 is 20.2 Å². The highest BCUT2D eigenvalue weighted by Gasteiger charge is 2.25. The first-order valence-electron chi connectivity index (χ1n) is 27.5. The molecule has 0 aliphatic carbocycles. The number of hydrogen-bond acceptors (Lipinski definition) is 4. The Morgan fingerprint density at radius 2 is 0.639 bits per heavy atom. The highest BCUT2D eigenvalue weighted by Crippen LogP contribution is 2.36. The predicted octanol–water partition coefficient (Wildman–Crippen LogP) is 17.3. The van der Waals surface area contributed by atoms with Crippen molar-refractivity contribution in [2.75, 3.05) is 6.61 Å². The minimum atomic E-state index is -4.69. The molecule has 0 aliphatic rings. The summed E-state index contributed by atoms with van der Waals surface area (Å²) in [5, 5.41) is 13.6. The molecule has 0 aromatic rings. The molecule has 366 valence electrons. The Hall–Kier alpha value is -0.460. The third kappa shape index (κ3) is 50.4. The molecular formula is C53H108NO6P. The Labute approximate surface area is 380 Å². The van der Waals surface area contributed by atoms with E-state index in [2.05, 4.69) is 23.7 Å². The van der Waals surface area contributed by atoms with Gasteiger partial charge in [-0.15, -0.1) is 0 Å². The van der Waals surface area contributed by atoms with Crippen molar-refractivity contribution < 1.29 is 28.8 Å². The van der Waals surface area contributed by atoms with Gasteiger partial charge in [0, 0.05) is 6.42 Å². The second-order valence-corrected chi connectivity index (χ2v) is 20.5. The van der Waals surface area contributed by atoms with E-state index in [-0.39, 0.29) is 5.91 Å². The number of phosphoric acid groups is 1. The van der Waals surface area contributed by atoms with E-state index in [9.17, 15) is 24.3 Å². The van der Waals surface area contributed by atoms with Gasteiger partial charge in [0.15, 0.2) is 0 Å². The fourth-order valence-electron chi connectivity index (χ4n) is 8.94. The van der Waals surface area contributed by atoms with Crippen LogP contribution in [0, 0.1) is 0 Å². The summed E-state index contributed by atoms with van der Waals surface area (Å²) in [6, 6.07) is -0.818. The molecule has 1 amide bonds. The van der Waals surface area contributed by atoms with Crippen LogP contribution < -0.4 is 5.32 Å². The number of hydrogen-bond donors (Lipinski definition) is 4. The van der Waals surface area contributed by atoms with Crippen LogP contribution in [0.5, 0.6) is 0 Å².